The van der Waals surface area contributed by atoms with Crippen molar-refractivity contribution in [2.45, 2.75) is 38.6 Å². The molecule has 3 rings (SSSR count). The van der Waals surface area contributed by atoms with Crippen LogP contribution in [-0.2, 0) is 12.7 Å². The fraction of sp³-hybridized carbons (Fsp3) is 0.316. The Morgan fingerprint density at radius 1 is 1.18 bits per heavy atom. The fourth-order valence-electron chi connectivity index (χ4n) is 2.83. The number of hydrogen-bond donors (Lipinski definition) is 1. The van der Waals surface area contributed by atoms with Crippen LogP contribution in [0.2, 0.25) is 0 Å². The van der Waals surface area contributed by atoms with E-state index in [0.717, 1.165) is 12.1 Å². The summed E-state index contributed by atoms with van der Waals surface area (Å²) in [6, 6.07) is 7.06. The molecule has 0 unspecified atom stereocenters. The van der Waals surface area contributed by atoms with Crippen LogP contribution >= 0.6 is 0 Å². The van der Waals surface area contributed by atoms with Crippen LogP contribution in [0.5, 0.6) is 0 Å². The van der Waals surface area contributed by atoms with Gasteiger partial charge in [0.2, 0.25) is 0 Å². The van der Waals surface area contributed by atoms with Crippen molar-refractivity contribution in [1.82, 2.24) is 9.78 Å². The van der Waals surface area contributed by atoms with Crippen molar-refractivity contribution in [2.75, 3.05) is 0 Å². The number of fused-ring (bicyclic) bond motifs is 1. The van der Waals surface area contributed by atoms with Crippen molar-refractivity contribution in [2.24, 2.45) is 0 Å². The van der Waals surface area contributed by atoms with Crippen LogP contribution in [0.1, 0.15) is 25.8 Å². The van der Waals surface area contributed by atoms with Gasteiger partial charge < -0.3 is 5.11 Å². The van der Waals surface area contributed by atoms with E-state index in [-0.39, 0.29) is 11.3 Å². The molecule has 0 saturated carbocycles. The zero-order chi connectivity index (χ0) is 20.7. The van der Waals surface area contributed by atoms with E-state index in [0.29, 0.717) is 29.4 Å². The number of benzene rings is 2. The average molecular weight is 393 g/mol. The van der Waals surface area contributed by atoms with Gasteiger partial charge in [-0.25, -0.2) is 0 Å². The summed E-state index contributed by atoms with van der Waals surface area (Å²) in [6.45, 7) is 3.76. The number of hydrogen-bond acceptors (Lipinski definition) is 4. The van der Waals surface area contributed by atoms with Crippen molar-refractivity contribution in [3.63, 3.8) is 0 Å². The molecule has 1 heterocycles. The minimum atomic E-state index is -4.48. The van der Waals surface area contributed by atoms with Gasteiger partial charge in [0.1, 0.15) is 0 Å². The highest BCUT2D eigenvalue weighted by atomic mass is 19.4. The molecule has 1 aromatic heterocycles. The van der Waals surface area contributed by atoms with E-state index in [4.69, 9.17) is 0 Å². The summed E-state index contributed by atoms with van der Waals surface area (Å²) >= 11 is 0. The lowest BCUT2D eigenvalue weighted by Crippen LogP contribution is -2.21. The molecule has 0 saturated heterocycles. The third-order valence-electron chi connectivity index (χ3n) is 4.34. The molecule has 2 aromatic carbocycles. The molecule has 28 heavy (non-hydrogen) atoms. The standard InChI is InChI=1S/C19H18F3N3O3/c1-18(2,26)7-8-24-11-13-9-17(25(27)28)15(10-16(13)23-24)12-3-5-14(6-4-12)19(20,21)22/h3-6,9-11,26H,7-8H2,1-2H3. The Hall–Kier alpha value is -2.94. The number of rotatable bonds is 5. The highest BCUT2D eigenvalue weighted by Gasteiger charge is 2.30. The molecule has 0 aliphatic carbocycles. The second-order valence-corrected chi connectivity index (χ2v) is 7.21. The third kappa shape index (κ3) is 4.30. The quantitative estimate of drug-likeness (QED) is 0.499. The third-order valence-corrected chi connectivity index (χ3v) is 4.34. The number of nitro groups is 1. The van der Waals surface area contributed by atoms with Crippen LogP contribution < -0.4 is 0 Å². The second-order valence-electron chi connectivity index (χ2n) is 7.21. The Morgan fingerprint density at radius 2 is 1.82 bits per heavy atom. The number of nitro benzene ring substituents is 1. The Kier molecular flexibility index (Phi) is 4.88. The predicted octanol–water partition coefficient (Wildman–Crippen LogP) is 4.79. The second kappa shape index (κ2) is 6.90. The molecular formula is C19H18F3N3O3. The van der Waals surface area contributed by atoms with Crippen LogP contribution in [-0.4, -0.2) is 25.4 Å². The summed E-state index contributed by atoms with van der Waals surface area (Å²) in [5, 5.41) is 26.2. The van der Waals surface area contributed by atoms with E-state index in [2.05, 4.69) is 5.10 Å². The number of aryl methyl sites for hydroxylation is 1. The van der Waals surface area contributed by atoms with Gasteiger partial charge in [-0.15, -0.1) is 0 Å². The largest absolute Gasteiger partial charge is 0.416 e. The molecule has 0 spiro atoms. The number of aromatic nitrogens is 2. The molecule has 148 valence electrons. The van der Waals surface area contributed by atoms with Gasteiger partial charge in [0.15, 0.2) is 0 Å². The Morgan fingerprint density at radius 3 is 2.36 bits per heavy atom. The Bertz CT molecular complexity index is 1020. The van der Waals surface area contributed by atoms with Crippen LogP contribution in [0.15, 0.2) is 42.6 Å². The molecule has 0 aliphatic heterocycles. The molecular weight excluding hydrogens is 375 g/mol. The molecule has 0 aliphatic rings. The summed E-state index contributed by atoms with van der Waals surface area (Å²) in [5.74, 6) is 0. The SMILES string of the molecule is CC(C)(O)CCn1cc2cc([N+](=O)[O-])c(-c3ccc(C(F)(F)F)cc3)cc2n1. The number of alkyl halides is 3. The first-order valence-corrected chi connectivity index (χ1v) is 8.50. The monoisotopic (exact) mass is 393 g/mol. The smallest absolute Gasteiger partial charge is 0.390 e. The first kappa shape index (κ1) is 19.8. The minimum absolute atomic E-state index is 0.193. The average Bonchev–Trinajstić information content (AvgIpc) is 2.99. The Labute approximate surface area is 158 Å². The lowest BCUT2D eigenvalue weighted by molar-refractivity contribution is -0.384. The van der Waals surface area contributed by atoms with Crippen LogP contribution in [0.25, 0.3) is 22.0 Å². The van der Waals surface area contributed by atoms with E-state index in [1.54, 1.807) is 24.7 Å². The summed E-state index contributed by atoms with van der Waals surface area (Å²) < 4.78 is 39.9. The zero-order valence-corrected chi connectivity index (χ0v) is 15.2. The summed E-state index contributed by atoms with van der Waals surface area (Å²) in [5.41, 5.74) is -0.941. The summed E-state index contributed by atoms with van der Waals surface area (Å²) in [4.78, 5) is 10.9. The molecule has 0 amide bonds. The topological polar surface area (TPSA) is 81.2 Å². The highest BCUT2D eigenvalue weighted by molar-refractivity contribution is 5.89. The van der Waals surface area contributed by atoms with Crippen molar-refractivity contribution in [1.29, 1.82) is 0 Å². The maximum absolute atomic E-state index is 12.8. The molecule has 9 heteroatoms. The van der Waals surface area contributed by atoms with Gasteiger partial charge in [0.05, 0.1) is 27.2 Å². The van der Waals surface area contributed by atoms with Gasteiger partial charge >= 0.3 is 6.18 Å². The molecule has 6 nitrogen and oxygen atoms in total. The van der Waals surface area contributed by atoms with E-state index >= 15 is 0 Å². The van der Waals surface area contributed by atoms with Gasteiger partial charge in [0.25, 0.3) is 5.69 Å². The lowest BCUT2D eigenvalue weighted by atomic mass is 10.0. The van der Waals surface area contributed by atoms with Gasteiger partial charge in [0, 0.05) is 24.2 Å². The predicted molar refractivity (Wildman–Crippen MR) is 97.7 cm³/mol. The molecule has 1 N–H and O–H groups in total. The van der Waals surface area contributed by atoms with Crippen molar-refractivity contribution >= 4 is 16.6 Å². The first-order chi connectivity index (χ1) is 12.9. The van der Waals surface area contributed by atoms with Crippen molar-refractivity contribution < 1.29 is 23.2 Å². The highest BCUT2D eigenvalue weighted by Crippen LogP contribution is 2.36. The molecule has 3 aromatic rings. The van der Waals surface area contributed by atoms with E-state index in [1.807, 2.05) is 0 Å². The number of nitrogens with zero attached hydrogens (tertiary/aromatic N) is 3. The normalized spacial score (nSPS) is 12.5. The fourth-order valence-corrected chi connectivity index (χ4v) is 2.83. The first-order valence-electron chi connectivity index (χ1n) is 8.50. The van der Waals surface area contributed by atoms with Crippen molar-refractivity contribution in [3.8, 4) is 11.1 Å². The van der Waals surface area contributed by atoms with Crippen molar-refractivity contribution in [3.05, 3.63) is 58.3 Å². The summed E-state index contributed by atoms with van der Waals surface area (Å²) in [7, 11) is 0. The molecule has 0 atom stereocenters. The molecule has 0 fully saturated rings. The van der Waals surface area contributed by atoms with Gasteiger partial charge in [-0.2, -0.15) is 18.3 Å². The van der Waals surface area contributed by atoms with E-state index in [1.165, 1.54) is 24.3 Å². The maximum atomic E-state index is 12.8. The van der Waals surface area contributed by atoms with E-state index in [9.17, 15) is 28.4 Å². The van der Waals surface area contributed by atoms with Crippen LogP contribution in [0, 0.1) is 10.1 Å². The van der Waals surface area contributed by atoms with Gasteiger partial charge in [-0.3, -0.25) is 14.8 Å². The lowest BCUT2D eigenvalue weighted by Gasteiger charge is -2.16. The van der Waals surface area contributed by atoms with E-state index < -0.39 is 22.3 Å². The molecule has 0 bridgehead atoms. The van der Waals surface area contributed by atoms with Crippen LogP contribution in [0.4, 0.5) is 18.9 Å². The van der Waals surface area contributed by atoms with Gasteiger partial charge in [-0.1, -0.05) is 12.1 Å². The van der Waals surface area contributed by atoms with Gasteiger partial charge in [-0.05, 0) is 44.0 Å². The maximum Gasteiger partial charge on any atom is 0.416 e. The Balaban J connectivity index is 2.03. The number of halogens is 3. The molecule has 0 radical (unpaired) electrons. The minimum Gasteiger partial charge on any atom is -0.390 e. The zero-order valence-electron chi connectivity index (χ0n) is 15.2. The van der Waals surface area contributed by atoms with Crippen LogP contribution in [0.3, 0.4) is 0 Å². The summed E-state index contributed by atoms with van der Waals surface area (Å²) in [6.07, 6.45) is -2.40. The number of aliphatic hydroxyl groups is 1.